The zero-order chi connectivity index (χ0) is 14.7. The molecule has 0 aliphatic heterocycles. The fourth-order valence-electron chi connectivity index (χ4n) is 1.96. The summed E-state index contributed by atoms with van der Waals surface area (Å²) in [4.78, 5) is 12.3. The topological polar surface area (TPSA) is 55.1 Å². The van der Waals surface area contributed by atoms with E-state index < -0.39 is 0 Å². The Morgan fingerprint density at radius 2 is 1.95 bits per heavy atom. The zero-order valence-electron chi connectivity index (χ0n) is 11.5. The van der Waals surface area contributed by atoms with E-state index in [1.807, 2.05) is 56.3 Å². The molecular weight excluding hydrogens is 316 g/mol. The van der Waals surface area contributed by atoms with E-state index in [1.54, 1.807) is 0 Å². The molecule has 20 heavy (non-hydrogen) atoms. The lowest BCUT2D eigenvalue weighted by atomic mass is 9.99. The zero-order valence-corrected chi connectivity index (χ0v) is 13.1. The van der Waals surface area contributed by atoms with Crippen molar-refractivity contribution in [3.05, 3.63) is 58.1 Å². The second-order valence-electron chi connectivity index (χ2n) is 4.79. The third-order valence-electron chi connectivity index (χ3n) is 3.33. The molecule has 3 N–H and O–H groups in total. The van der Waals surface area contributed by atoms with Crippen LogP contribution in [-0.4, -0.2) is 5.91 Å². The van der Waals surface area contributed by atoms with Gasteiger partial charge in [-0.15, -0.1) is 0 Å². The van der Waals surface area contributed by atoms with Gasteiger partial charge in [-0.05, 0) is 49.2 Å². The minimum atomic E-state index is -0.253. The van der Waals surface area contributed by atoms with Crippen molar-refractivity contribution in [3.8, 4) is 0 Å². The monoisotopic (exact) mass is 332 g/mol. The van der Waals surface area contributed by atoms with Crippen molar-refractivity contribution >= 4 is 33.2 Å². The van der Waals surface area contributed by atoms with Crippen LogP contribution in [0.15, 0.2) is 46.9 Å². The molecule has 2 aromatic carbocycles. The predicted molar refractivity (Wildman–Crippen MR) is 86.8 cm³/mol. The molecule has 0 bridgehead atoms. The number of nitrogen functional groups attached to an aromatic ring is 1. The third kappa shape index (κ3) is 3.20. The van der Waals surface area contributed by atoms with Gasteiger partial charge < -0.3 is 11.1 Å². The summed E-state index contributed by atoms with van der Waals surface area (Å²) in [5, 5.41) is 2.96. The Labute approximate surface area is 127 Å². The number of hydrogen-bond acceptors (Lipinski definition) is 2. The first-order valence-corrected chi connectivity index (χ1v) is 7.19. The molecule has 2 aromatic rings. The lowest BCUT2D eigenvalue weighted by Crippen LogP contribution is -2.19. The first-order valence-electron chi connectivity index (χ1n) is 6.40. The van der Waals surface area contributed by atoms with Gasteiger partial charge in [0.2, 0.25) is 5.91 Å². The van der Waals surface area contributed by atoms with Crippen molar-refractivity contribution in [1.82, 2.24) is 0 Å². The number of carbonyl (C=O) groups excluding carboxylic acids is 1. The maximum atomic E-state index is 12.3. The van der Waals surface area contributed by atoms with Crippen LogP contribution in [0.1, 0.15) is 24.0 Å². The molecule has 4 heteroatoms. The highest BCUT2D eigenvalue weighted by molar-refractivity contribution is 9.10. The average Bonchev–Trinajstić information content (AvgIpc) is 2.43. The van der Waals surface area contributed by atoms with Crippen LogP contribution in [-0.2, 0) is 4.79 Å². The van der Waals surface area contributed by atoms with E-state index in [-0.39, 0.29) is 11.8 Å². The van der Waals surface area contributed by atoms with Crippen LogP contribution in [0.2, 0.25) is 0 Å². The smallest absolute Gasteiger partial charge is 0.231 e. The molecule has 0 aromatic heterocycles. The molecule has 0 heterocycles. The molecule has 0 aliphatic carbocycles. The third-order valence-corrected chi connectivity index (χ3v) is 4.19. The highest BCUT2D eigenvalue weighted by atomic mass is 79.9. The summed E-state index contributed by atoms with van der Waals surface area (Å²) in [5.41, 5.74) is 9.17. The molecule has 0 radical (unpaired) electrons. The van der Waals surface area contributed by atoms with Gasteiger partial charge in [-0.25, -0.2) is 0 Å². The fourth-order valence-corrected chi connectivity index (χ4v) is 2.33. The van der Waals surface area contributed by atoms with Crippen molar-refractivity contribution in [3.63, 3.8) is 0 Å². The van der Waals surface area contributed by atoms with Gasteiger partial charge in [0, 0.05) is 15.8 Å². The molecule has 1 amide bonds. The molecule has 0 spiro atoms. The molecule has 3 nitrogen and oxygen atoms in total. The van der Waals surface area contributed by atoms with Crippen molar-refractivity contribution in [2.45, 2.75) is 19.8 Å². The molecule has 1 unspecified atom stereocenters. The lowest BCUT2D eigenvalue weighted by molar-refractivity contribution is -0.117. The van der Waals surface area contributed by atoms with Gasteiger partial charge >= 0.3 is 0 Å². The van der Waals surface area contributed by atoms with Crippen molar-refractivity contribution in [1.29, 1.82) is 0 Å². The minimum Gasteiger partial charge on any atom is -0.399 e. The van der Waals surface area contributed by atoms with Gasteiger partial charge in [0.25, 0.3) is 0 Å². The van der Waals surface area contributed by atoms with E-state index in [2.05, 4.69) is 21.2 Å². The molecule has 0 aliphatic rings. The number of rotatable bonds is 3. The van der Waals surface area contributed by atoms with E-state index in [9.17, 15) is 4.79 Å². The van der Waals surface area contributed by atoms with Crippen LogP contribution in [0.5, 0.6) is 0 Å². The highest BCUT2D eigenvalue weighted by Gasteiger charge is 2.16. The lowest BCUT2D eigenvalue weighted by Gasteiger charge is -2.15. The quantitative estimate of drug-likeness (QED) is 0.832. The molecular formula is C16H17BrN2O. The Kier molecular flexibility index (Phi) is 4.45. The molecule has 0 saturated heterocycles. The maximum Gasteiger partial charge on any atom is 0.231 e. The first-order chi connectivity index (χ1) is 9.49. The van der Waals surface area contributed by atoms with E-state index >= 15 is 0 Å². The second kappa shape index (κ2) is 6.09. The Hall–Kier alpha value is -1.81. The summed E-state index contributed by atoms with van der Waals surface area (Å²) >= 11 is 3.46. The van der Waals surface area contributed by atoms with Crippen molar-refractivity contribution in [2.24, 2.45) is 0 Å². The van der Waals surface area contributed by atoms with Crippen molar-refractivity contribution in [2.75, 3.05) is 11.1 Å². The Morgan fingerprint density at radius 1 is 1.25 bits per heavy atom. The van der Waals surface area contributed by atoms with Crippen LogP contribution >= 0.6 is 15.9 Å². The van der Waals surface area contributed by atoms with Crippen LogP contribution in [0.25, 0.3) is 0 Å². The summed E-state index contributed by atoms with van der Waals surface area (Å²) in [6, 6.07) is 13.2. The van der Waals surface area contributed by atoms with E-state index in [0.717, 1.165) is 21.3 Å². The van der Waals surface area contributed by atoms with Gasteiger partial charge in [0.05, 0.1) is 5.92 Å². The van der Waals surface area contributed by atoms with E-state index in [0.29, 0.717) is 5.69 Å². The summed E-state index contributed by atoms with van der Waals surface area (Å²) < 4.78 is 0.979. The number of nitrogens with one attached hydrogen (secondary N) is 1. The van der Waals surface area contributed by atoms with Crippen molar-refractivity contribution < 1.29 is 4.79 Å². The summed E-state index contributed by atoms with van der Waals surface area (Å²) in [6.07, 6.45) is 0. The van der Waals surface area contributed by atoms with Gasteiger partial charge in [-0.2, -0.15) is 0 Å². The average molecular weight is 333 g/mol. The standard InChI is InChI=1S/C16H17BrN2O/c1-10(12-5-3-6-13(18)9-12)16(20)19-15-8-4-7-14(17)11(15)2/h3-10H,18H2,1-2H3,(H,19,20). The first kappa shape index (κ1) is 14.6. The Balaban J connectivity index is 2.18. The summed E-state index contributed by atoms with van der Waals surface area (Å²) in [5.74, 6) is -0.298. The maximum absolute atomic E-state index is 12.3. The Morgan fingerprint density at radius 3 is 2.65 bits per heavy atom. The van der Waals surface area contributed by atoms with E-state index in [4.69, 9.17) is 5.73 Å². The predicted octanol–water partition coefficient (Wildman–Crippen LogP) is 4.08. The van der Waals surface area contributed by atoms with Crippen LogP contribution < -0.4 is 11.1 Å². The van der Waals surface area contributed by atoms with E-state index in [1.165, 1.54) is 0 Å². The number of benzene rings is 2. The van der Waals surface area contributed by atoms with Crippen LogP contribution in [0, 0.1) is 6.92 Å². The molecule has 2 rings (SSSR count). The normalized spacial score (nSPS) is 11.9. The number of hydrogen-bond donors (Lipinski definition) is 2. The minimum absolute atomic E-state index is 0.0446. The number of halogens is 1. The number of carbonyl (C=O) groups is 1. The van der Waals surface area contributed by atoms with Crippen LogP contribution in [0.4, 0.5) is 11.4 Å². The molecule has 0 saturated carbocycles. The molecule has 1 atom stereocenters. The number of anilines is 2. The molecule has 104 valence electrons. The summed E-state index contributed by atoms with van der Waals surface area (Å²) in [6.45, 7) is 3.84. The van der Waals surface area contributed by atoms with Gasteiger partial charge in [0.1, 0.15) is 0 Å². The fraction of sp³-hybridized carbons (Fsp3) is 0.188. The number of nitrogens with two attached hydrogens (primary N) is 1. The van der Waals surface area contributed by atoms with Gasteiger partial charge in [-0.1, -0.05) is 34.1 Å². The SMILES string of the molecule is Cc1c(Br)cccc1NC(=O)C(C)c1cccc(N)c1. The highest BCUT2D eigenvalue weighted by Crippen LogP contribution is 2.25. The number of amides is 1. The van der Waals surface area contributed by atoms with Crippen LogP contribution in [0.3, 0.4) is 0 Å². The summed E-state index contributed by atoms with van der Waals surface area (Å²) in [7, 11) is 0. The largest absolute Gasteiger partial charge is 0.399 e. The molecule has 0 fully saturated rings. The van der Waals surface area contributed by atoms with Gasteiger partial charge in [-0.3, -0.25) is 4.79 Å². The Bertz CT molecular complexity index is 640. The second-order valence-corrected chi connectivity index (χ2v) is 5.65. The van der Waals surface area contributed by atoms with Gasteiger partial charge in [0.15, 0.2) is 0 Å².